The molecule has 1 heterocycles. The molecule has 3 rings (SSSR count). The highest BCUT2D eigenvalue weighted by molar-refractivity contribution is 7.89. The van der Waals surface area contributed by atoms with E-state index in [0.717, 1.165) is 16.0 Å². The van der Waals surface area contributed by atoms with Crippen LogP contribution in [0, 0.1) is 0 Å². The summed E-state index contributed by atoms with van der Waals surface area (Å²) in [5, 5.41) is 3.18. The van der Waals surface area contributed by atoms with E-state index in [0.29, 0.717) is 10.7 Å². The van der Waals surface area contributed by atoms with Crippen molar-refractivity contribution in [1.29, 1.82) is 0 Å². The van der Waals surface area contributed by atoms with Crippen molar-refractivity contribution >= 4 is 42.6 Å². The molecule has 0 aliphatic rings. The largest absolute Gasteiger partial charge is 0.497 e. The predicted molar refractivity (Wildman–Crippen MR) is 96.8 cm³/mol. The third-order valence-corrected chi connectivity index (χ3v) is 5.88. The number of carbonyl (C=O) groups excluding carboxylic acids is 1. The molecule has 3 aromatic rings. The first-order valence-electron chi connectivity index (χ1n) is 7.22. The maximum absolute atomic E-state index is 12.3. The van der Waals surface area contributed by atoms with Gasteiger partial charge in [-0.3, -0.25) is 10.1 Å². The van der Waals surface area contributed by atoms with Crippen molar-refractivity contribution in [3.63, 3.8) is 0 Å². The minimum absolute atomic E-state index is 0.0960. The Morgan fingerprint density at radius 1 is 1.16 bits per heavy atom. The lowest BCUT2D eigenvalue weighted by Crippen LogP contribution is -2.19. The summed E-state index contributed by atoms with van der Waals surface area (Å²) >= 11 is 1.33. The number of nitrogens with zero attached hydrogens (tertiary/aromatic N) is 1. The van der Waals surface area contributed by atoms with E-state index >= 15 is 0 Å². The van der Waals surface area contributed by atoms with Gasteiger partial charge in [0.2, 0.25) is 10.0 Å². The summed E-state index contributed by atoms with van der Waals surface area (Å²) < 4.78 is 31.7. The van der Waals surface area contributed by atoms with E-state index in [1.165, 1.54) is 42.6 Å². The lowest BCUT2D eigenvalue weighted by molar-refractivity contribution is 0.102. The van der Waals surface area contributed by atoms with Crippen LogP contribution in [-0.4, -0.2) is 33.5 Å². The van der Waals surface area contributed by atoms with E-state index in [2.05, 4.69) is 15.0 Å². The maximum atomic E-state index is 12.3. The van der Waals surface area contributed by atoms with Crippen molar-refractivity contribution in [2.24, 2.45) is 0 Å². The zero-order valence-corrected chi connectivity index (χ0v) is 15.1. The van der Waals surface area contributed by atoms with Crippen LogP contribution in [0.1, 0.15) is 10.4 Å². The van der Waals surface area contributed by atoms with Gasteiger partial charge in [-0.25, -0.2) is 18.1 Å². The third-order valence-electron chi connectivity index (χ3n) is 3.51. The van der Waals surface area contributed by atoms with Gasteiger partial charge in [0.25, 0.3) is 5.91 Å². The molecule has 1 aromatic heterocycles. The Morgan fingerprint density at radius 3 is 2.52 bits per heavy atom. The van der Waals surface area contributed by atoms with Crippen molar-refractivity contribution in [3.05, 3.63) is 48.0 Å². The number of aromatic nitrogens is 1. The van der Waals surface area contributed by atoms with E-state index in [9.17, 15) is 13.2 Å². The Balaban J connectivity index is 1.80. The quantitative estimate of drug-likeness (QED) is 0.712. The molecule has 0 radical (unpaired) electrons. The highest BCUT2D eigenvalue weighted by Gasteiger charge is 2.14. The van der Waals surface area contributed by atoms with Crippen LogP contribution in [0.2, 0.25) is 0 Å². The van der Waals surface area contributed by atoms with Crippen molar-refractivity contribution in [3.8, 4) is 5.75 Å². The fraction of sp³-hybridized carbons (Fsp3) is 0.125. The van der Waals surface area contributed by atoms with Crippen LogP contribution in [0.5, 0.6) is 5.75 Å². The summed E-state index contributed by atoms with van der Waals surface area (Å²) in [4.78, 5) is 16.8. The Morgan fingerprint density at radius 2 is 1.88 bits per heavy atom. The number of anilines is 1. The fourth-order valence-electron chi connectivity index (χ4n) is 2.16. The number of amides is 1. The number of benzene rings is 2. The molecule has 1 amide bonds. The van der Waals surface area contributed by atoms with Gasteiger partial charge in [-0.1, -0.05) is 11.3 Å². The summed E-state index contributed by atoms with van der Waals surface area (Å²) in [5.41, 5.74) is 1.10. The minimum atomic E-state index is -3.53. The highest BCUT2D eigenvalue weighted by atomic mass is 32.2. The zero-order chi connectivity index (χ0) is 18.0. The van der Waals surface area contributed by atoms with Crippen LogP contribution >= 0.6 is 11.3 Å². The summed E-state index contributed by atoms with van der Waals surface area (Å²) in [6.45, 7) is 0. The van der Waals surface area contributed by atoms with Gasteiger partial charge in [0.15, 0.2) is 5.13 Å². The van der Waals surface area contributed by atoms with Crippen LogP contribution in [0.3, 0.4) is 0 Å². The Bertz CT molecular complexity index is 1030. The van der Waals surface area contributed by atoms with Gasteiger partial charge >= 0.3 is 0 Å². The van der Waals surface area contributed by atoms with Crippen LogP contribution in [0.15, 0.2) is 47.4 Å². The number of hydrogen-bond donors (Lipinski definition) is 2. The van der Waals surface area contributed by atoms with E-state index in [1.807, 2.05) is 12.1 Å². The number of hydrogen-bond acceptors (Lipinski definition) is 6. The predicted octanol–water partition coefficient (Wildman–Crippen LogP) is 2.47. The normalized spacial score (nSPS) is 11.4. The van der Waals surface area contributed by atoms with Gasteiger partial charge in [0.05, 0.1) is 22.2 Å². The second kappa shape index (κ2) is 6.79. The number of nitrogens with one attached hydrogen (secondary N) is 2. The highest BCUT2D eigenvalue weighted by Crippen LogP contribution is 2.29. The summed E-state index contributed by atoms with van der Waals surface area (Å²) in [6, 6.07) is 11.1. The molecule has 7 nitrogen and oxygen atoms in total. The number of thiazole rings is 1. The van der Waals surface area contributed by atoms with Crippen LogP contribution < -0.4 is 14.8 Å². The van der Waals surface area contributed by atoms with Gasteiger partial charge in [-0.2, -0.15) is 0 Å². The SMILES string of the molecule is CNS(=O)(=O)c1ccc(C(=O)Nc2nc3ccc(OC)cc3s2)cc1. The average molecular weight is 377 g/mol. The molecule has 0 spiro atoms. The van der Waals surface area contributed by atoms with E-state index in [1.54, 1.807) is 13.2 Å². The summed E-state index contributed by atoms with van der Waals surface area (Å²) in [5.74, 6) is 0.356. The first-order valence-corrected chi connectivity index (χ1v) is 9.52. The van der Waals surface area contributed by atoms with Crippen LogP contribution in [-0.2, 0) is 10.0 Å². The number of sulfonamides is 1. The molecule has 0 unspecified atom stereocenters. The van der Waals surface area contributed by atoms with E-state index in [4.69, 9.17) is 4.74 Å². The molecule has 130 valence electrons. The topological polar surface area (TPSA) is 97.4 Å². The molecule has 2 aromatic carbocycles. The van der Waals surface area contributed by atoms with Gasteiger partial charge in [-0.15, -0.1) is 0 Å². The van der Waals surface area contributed by atoms with Crippen molar-refractivity contribution < 1.29 is 17.9 Å². The smallest absolute Gasteiger partial charge is 0.257 e. The number of carbonyl (C=O) groups is 1. The summed E-state index contributed by atoms with van der Waals surface area (Å²) in [6.07, 6.45) is 0. The second-order valence-corrected chi connectivity index (χ2v) is 7.96. The molecule has 2 N–H and O–H groups in total. The Labute approximate surface area is 148 Å². The molecule has 0 saturated carbocycles. The molecule has 0 aliphatic heterocycles. The molecule has 0 aliphatic carbocycles. The molecular formula is C16H15N3O4S2. The summed E-state index contributed by atoms with van der Waals surface area (Å²) in [7, 11) is -0.610. The number of ether oxygens (including phenoxy) is 1. The van der Waals surface area contributed by atoms with Gasteiger partial charge in [0.1, 0.15) is 5.75 Å². The molecule has 9 heteroatoms. The van der Waals surface area contributed by atoms with Crippen LogP contribution in [0.25, 0.3) is 10.2 Å². The lowest BCUT2D eigenvalue weighted by Gasteiger charge is -2.04. The Kier molecular flexibility index (Phi) is 4.71. The third kappa shape index (κ3) is 3.63. The number of fused-ring (bicyclic) bond motifs is 1. The van der Waals surface area contributed by atoms with Crippen molar-refractivity contribution in [2.45, 2.75) is 4.90 Å². The van der Waals surface area contributed by atoms with E-state index < -0.39 is 10.0 Å². The monoisotopic (exact) mass is 377 g/mol. The fourth-order valence-corrected chi connectivity index (χ4v) is 3.78. The Hall–Kier alpha value is -2.49. The van der Waals surface area contributed by atoms with Gasteiger partial charge < -0.3 is 4.74 Å². The van der Waals surface area contributed by atoms with Gasteiger partial charge in [-0.05, 0) is 49.5 Å². The molecule has 0 bridgehead atoms. The molecule has 0 saturated heterocycles. The zero-order valence-electron chi connectivity index (χ0n) is 13.4. The second-order valence-electron chi connectivity index (χ2n) is 5.04. The first-order chi connectivity index (χ1) is 11.9. The lowest BCUT2D eigenvalue weighted by atomic mass is 10.2. The average Bonchev–Trinajstić information content (AvgIpc) is 3.02. The van der Waals surface area contributed by atoms with Gasteiger partial charge in [0, 0.05) is 5.56 Å². The molecule has 25 heavy (non-hydrogen) atoms. The van der Waals surface area contributed by atoms with Crippen LogP contribution in [0.4, 0.5) is 5.13 Å². The van der Waals surface area contributed by atoms with Crippen molar-refractivity contribution in [1.82, 2.24) is 9.71 Å². The number of methoxy groups -OCH3 is 1. The standard InChI is InChI=1S/C16H15N3O4S2/c1-17-25(21,22)12-6-3-10(4-7-12)15(20)19-16-18-13-8-5-11(23-2)9-14(13)24-16/h3-9,17H,1-2H3,(H,18,19,20). The number of rotatable bonds is 5. The molecule has 0 atom stereocenters. The molecular weight excluding hydrogens is 362 g/mol. The first kappa shape index (κ1) is 17.3. The minimum Gasteiger partial charge on any atom is -0.497 e. The molecule has 0 fully saturated rings. The maximum Gasteiger partial charge on any atom is 0.257 e. The van der Waals surface area contributed by atoms with E-state index in [-0.39, 0.29) is 10.8 Å². The van der Waals surface area contributed by atoms with Crippen molar-refractivity contribution in [2.75, 3.05) is 19.5 Å².